The molecule has 2 aliphatic rings. The van der Waals surface area contributed by atoms with Gasteiger partial charge in [-0.15, -0.1) is 0 Å². The Balaban J connectivity index is 1.52. The van der Waals surface area contributed by atoms with E-state index in [2.05, 4.69) is 15.2 Å². The second kappa shape index (κ2) is 9.42. The van der Waals surface area contributed by atoms with Crippen LogP contribution in [-0.2, 0) is 16.0 Å². The van der Waals surface area contributed by atoms with Gasteiger partial charge < -0.3 is 19.4 Å². The molecule has 174 valence electrons. The zero-order valence-electron chi connectivity index (χ0n) is 18.5. The molecular weight excluding hydrogens is 424 g/mol. The number of morpholine rings is 1. The topological polar surface area (TPSA) is 114 Å². The van der Waals surface area contributed by atoms with Crippen molar-refractivity contribution in [3.63, 3.8) is 0 Å². The van der Waals surface area contributed by atoms with Crippen LogP contribution in [0.4, 0.5) is 0 Å². The van der Waals surface area contributed by atoms with Crippen molar-refractivity contribution < 1.29 is 14.3 Å². The van der Waals surface area contributed by atoms with Gasteiger partial charge in [0, 0.05) is 39.0 Å². The Hall–Kier alpha value is -3.08. The summed E-state index contributed by atoms with van der Waals surface area (Å²) >= 11 is 0. The monoisotopic (exact) mass is 452 g/mol. The Labute approximate surface area is 190 Å². The number of nitrogens with one attached hydrogen (secondary N) is 2. The predicted molar refractivity (Wildman–Crippen MR) is 121 cm³/mol. The van der Waals surface area contributed by atoms with Gasteiger partial charge in [-0.2, -0.15) is 0 Å². The van der Waals surface area contributed by atoms with Gasteiger partial charge in [-0.25, -0.2) is 4.98 Å². The first kappa shape index (κ1) is 21.7. The van der Waals surface area contributed by atoms with Crippen LogP contribution in [0.25, 0.3) is 16.7 Å². The molecular formula is C23H28N6O4. The normalized spacial score (nSPS) is 19.3. The van der Waals surface area contributed by atoms with Crippen LogP contribution < -0.4 is 16.4 Å². The Morgan fingerprint density at radius 3 is 2.88 bits per heavy atom. The van der Waals surface area contributed by atoms with Gasteiger partial charge in [-0.05, 0) is 31.0 Å². The fourth-order valence-corrected chi connectivity index (χ4v) is 4.48. The summed E-state index contributed by atoms with van der Waals surface area (Å²) in [4.78, 5) is 33.2. The predicted octanol–water partition coefficient (Wildman–Crippen LogP) is 0.370. The first-order chi connectivity index (χ1) is 16.1. The van der Waals surface area contributed by atoms with E-state index >= 15 is 0 Å². The van der Waals surface area contributed by atoms with Crippen LogP contribution in [0.2, 0.25) is 0 Å². The molecule has 0 radical (unpaired) electrons. The van der Waals surface area contributed by atoms with E-state index in [1.807, 2.05) is 6.07 Å². The molecule has 1 unspecified atom stereocenters. The van der Waals surface area contributed by atoms with Gasteiger partial charge in [0.25, 0.3) is 11.5 Å². The van der Waals surface area contributed by atoms with E-state index in [-0.39, 0.29) is 28.6 Å². The van der Waals surface area contributed by atoms with Crippen molar-refractivity contribution in [1.29, 1.82) is 5.41 Å². The van der Waals surface area contributed by atoms with E-state index in [4.69, 9.17) is 14.9 Å². The van der Waals surface area contributed by atoms with Gasteiger partial charge in [0.2, 0.25) is 0 Å². The molecule has 5 rings (SSSR count). The number of pyridine rings is 2. The number of ether oxygens (including phenoxy) is 2. The second-order valence-electron chi connectivity index (χ2n) is 8.45. The van der Waals surface area contributed by atoms with Crippen molar-refractivity contribution in [1.82, 2.24) is 24.2 Å². The van der Waals surface area contributed by atoms with E-state index in [1.54, 1.807) is 22.9 Å². The van der Waals surface area contributed by atoms with Crippen LogP contribution in [-0.4, -0.2) is 76.9 Å². The molecule has 2 fully saturated rings. The minimum absolute atomic E-state index is 0.0362. The number of aromatic nitrogens is 3. The van der Waals surface area contributed by atoms with E-state index < -0.39 is 0 Å². The Bertz CT molecular complexity index is 1290. The maximum Gasteiger partial charge on any atom is 0.267 e. The Kier molecular flexibility index (Phi) is 6.21. The molecule has 0 bridgehead atoms. The molecule has 2 saturated heterocycles. The minimum atomic E-state index is -0.367. The molecule has 10 heteroatoms. The summed E-state index contributed by atoms with van der Waals surface area (Å²) in [6.07, 6.45) is 3.41. The fraction of sp³-hybridized carbons (Fsp3) is 0.478. The zero-order valence-corrected chi connectivity index (χ0v) is 18.5. The quantitative estimate of drug-likeness (QED) is 0.523. The lowest BCUT2D eigenvalue weighted by molar-refractivity contribution is 0.0383. The SMILES string of the molecule is N=c1c(C(=O)NCCN2CCOCC2)cc2c(=O)n3ccccc3nc2n1CC1CCCO1. The minimum Gasteiger partial charge on any atom is -0.379 e. The van der Waals surface area contributed by atoms with Gasteiger partial charge in [-0.3, -0.25) is 24.3 Å². The summed E-state index contributed by atoms with van der Waals surface area (Å²) < 4.78 is 14.2. The summed E-state index contributed by atoms with van der Waals surface area (Å²) in [6, 6.07) is 6.84. The standard InChI is InChI=1S/C23H28N6O4/c24-20-17(22(30)25-6-8-27-9-12-32-13-10-27)14-18-21(29(20)15-16-4-3-11-33-16)26-19-5-1-2-7-28(19)23(18)31/h1-2,5,7,14,16,24H,3-4,6,8-13,15H2,(H,25,30). The molecule has 1 atom stereocenters. The average molecular weight is 453 g/mol. The number of rotatable bonds is 6. The smallest absolute Gasteiger partial charge is 0.267 e. The van der Waals surface area contributed by atoms with E-state index in [0.717, 1.165) is 25.9 Å². The number of hydrogen-bond acceptors (Lipinski definition) is 7. The highest BCUT2D eigenvalue weighted by Crippen LogP contribution is 2.16. The van der Waals surface area contributed by atoms with E-state index in [0.29, 0.717) is 56.1 Å². The molecule has 0 spiro atoms. The Morgan fingerprint density at radius 2 is 2.09 bits per heavy atom. The molecule has 2 aliphatic heterocycles. The van der Waals surface area contributed by atoms with Crippen LogP contribution in [0.1, 0.15) is 23.2 Å². The van der Waals surface area contributed by atoms with Crippen LogP contribution >= 0.6 is 0 Å². The largest absolute Gasteiger partial charge is 0.379 e. The lowest BCUT2D eigenvalue weighted by Gasteiger charge is -2.26. The van der Waals surface area contributed by atoms with Crippen molar-refractivity contribution in [2.75, 3.05) is 46.0 Å². The summed E-state index contributed by atoms with van der Waals surface area (Å²) in [6.45, 7) is 5.29. The fourth-order valence-electron chi connectivity index (χ4n) is 4.48. The number of nitrogens with zero attached hydrogens (tertiary/aromatic N) is 4. The zero-order chi connectivity index (χ0) is 22.8. The molecule has 2 N–H and O–H groups in total. The summed E-state index contributed by atoms with van der Waals surface area (Å²) in [5.74, 6) is -0.367. The summed E-state index contributed by atoms with van der Waals surface area (Å²) in [5, 5.41) is 12.0. The molecule has 3 aromatic heterocycles. The highest BCUT2D eigenvalue weighted by molar-refractivity contribution is 5.96. The molecule has 3 aromatic rings. The van der Waals surface area contributed by atoms with Crippen LogP contribution in [0.15, 0.2) is 35.3 Å². The second-order valence-corrected chi connectivity index (χ2v) is 8.45. The van der Waals surface area contributed by atoms with Crippen LogP contribution in [0.5, 0.6) is 0 Å². The van der Waals surface area contributed by atoms with Gasteiger partial charge >= 0.3 is 0 Å². The van der Waals surface area contributed by atoms with Crippen molar-refractivity contribution in [3.8, 4) is 0 Å². The average Bonchev–Trinajstić information content (AvgIpc) is 3.35. The maximum atomic E-state index is 13.3. The molecule has 1 amide bonds. The third-order valence-electron chi connectivity index (χ3n) is 6.29. The number of carbonyl (C=O) groups is 1. The first-order valence-corrected chi connectivity index (χ1v) is 11.4. The number of fused-ring (bicyclic) bond motifs is 2. The van der Waals surface area contributed by atoms with Gasteiger partial charge in [0.05, 0.1) is 36.8 Å². The van der Waals surface area contributed by atoms with E-state index in [1.165, 1.54) is 10.5 Å². The number of carbonyl (C=O) groups excluding carboxylic acids is 1. The highest BCUT2D eigenvalue weighted by atomic mass is 16.5. The van der Waals surface area contributed by atoms with Crippen molar-refractivity contribution in [2.45, 2.75) is 25.5 Å². The van der Waals surface area contributed by atoms with Crippen LogP contribution in [0.3, 0.4) is 0 Å². The highest BCUT2D eigenvalue weighted by Gasteiger charge is 2.22. The molecule has 10 nitrogen and oxygen atoms in total. The van der Waals surface area contributed by atoms with Gasteiger partial charge in [0.15, 0.2) is 0 Å². The lowest BCUT2D eigenvalue weighted by atomic mass is 10.1. The van der Waals surface area contributed by atoms with Gasteiger partial charge in [-0.1, -0.05) is 6.07 Å². The van der Waals surface area contributed by atoms with Crippen molar-refractivity contribution in [3.05, 3.63) is 51.9 Å². The van der Waals surface area contributed by atoms with Crippen molar-refractivity contribution in [2.24, 2.45) is 0 Å². The molecule has 0 aromatic carbocycles. The van der Waals surface area contributed by atoms with Crippen molar-refractivity contribution >= 4 is 22.6 Å². The Morgan fingerprint density at radius 1 is 1.24 bits per heavy atom. The molecule has 0 saturated carbocycles. The number of amides is 1. The molecule has 33 heavy (non-hydrogen) atoms. The van der Waals surface area contributed by atoms with E-state index in [9.17, 15) is 9.59 Å². The van der Waals surface area contributed by atoms with Crippen LogP contribution in [0, 0.1) is 5.41 Å². The van der Waals surface area contributed by atoms with Gasteiger partial charge in [0.1, 0.15) is 16.8 Å². The number of hydrogen-bond donors (Lipinski definition) is 2. The summed E-state index contributed by atoms with van der Waals surface area (Å²) in [5.41, 5.74) is 0.833. The summed E-state index contributed by atoms with van der Waals surface area (Å²) in [7, 11) is 0. The maximum absolute atomic E-state index is 13.3. The lowest BCUT2D eigenvalue weighted by Crippen LogP contribution is -2.42. The molecule has 5 heterocycles. The molecule has 0 aliphatic carbocycles. The third-order valence-corrected chi connectivity index (χ3v) is 6.29. The first-order valence-electron chi connectivity index (χ1n) is 11.4. The third kappa shape index (κ3) is 4.41.